The van der Waals surface area contributed by atoms with Crippen LogP contribution < -0.4 is 5.32 Å². The number of piperidine rings is 1. The molecule has 0 bridgehead atoms. The Bertz CT molecular complexity index is 1320. The maximum atomic E-state index is 13.1. The number of ketones is 1. The van der Waals surface area contributed by atoms with Gasteiger partial charge in [0.1, 0.15) is 0 Å². The van der Waals surface area contributed by atoms with E-state index in [2.05, 4.69) is 15.3 Å². The van der Waals surface area contributed by atoms with Gasteiger partial charge in [-0.1, -0.05) is 30.3 Å². The van der Waals surface area contributed by atoms with Gasteiger partial charge in [-0.25, -0.2) is 9.97 Å². The Morgan fingerprint density at radius 1 is 0.970 bits per heavy atom. The van der Waals surface area contributed by atoms with Crippen LogP contribution in [0.25, 0.3) is 22.2 Å². The molecule has 166 valence electrons. The second-order valence-corrected chi connectivity index (χ2v) is 8.32. The first-order chi connectivity index (χ1) is 16.1. The number of aryl methyl sites for hydroxylation is 1. The Morgan fingerprint density at radius 2 is 1.76 bits per heavy atom. The topological polar surface area (TPSA) is 80.1 Å². The van der Waals surface area contributed by atoms with Crippen molar-refractivity contribution in [3.63, 3.8) is 0 Å². The van der Waals surface area contributed by atoms with Gasteiger partial charge in [-0.3, -0.25) is 9.59 Å². The lowest BCUT2D eigenvalue weighted by molar-refractivity contribution is -0.127. The molecule has 2 aromatic carbocycles. The van der Waals surface area contributed by atoms with E-state index in [4.69, 9.17) is 0 Å². The van der Waals surface area contributed by atoms with Gasteiger partial charge in [0.15, 0.2) is 0 Å². The first-order valence-electron chi connectivity index (χ1n) is 11.2. The number of rotatable bonds is 5. The second kappa shape index (κ2) is 8.86. The number of carbonyl (C=O) groups is 2. The van der Waals surface area contributed by atoms with Crippen LogP contribution in [0.5, 0.6) is 0 Å². The summed E-state index contributed by atoms with van der Waals surface area (Å²) >= 11 is 0. The zero-order valence-corrected chi connectivity index (χ0v) is 18.5. The van der Waals surface area contributed by atoms with Crippen molar-refractivity contribution >= 4 is 34.2 Å². The van der Waals surface area contributed by atoms with Crippen molar-refractivity contribution in [3.8, 4) is 11.3 Å². The van der Waals surface area contributed by atoms with E-state index >= 15 is 0 Å². The molecule has 1 aliphatic rings. The minimum absolute atomic E-state index is 0.417. The third-order valence-electron chi connectivity index (χ3n) is 6.05. The molecule has 2 aromatic heterocycles. The molecule has 0 spiro atoms. The number of carbonyl (C=O) groups excluding carboxylic acids is 2. The molecule has 33 heavy (non-hydrogen) atoms. The number of nitrogens with zero attached hydrogens (tertiary/aromatic N) is 4. The highest BCUT2D eigenvalue weighted by Gasteiger charge is 2.27. The van der Waals surface area contributed by atoms with E-state index in [0.29, 0.717) is 24.6 Å². The van der Waals surface area contributed by atoms with Gasteiger partial charge in [0.05, 0.1) is 11.3 Å². The van der Waals surface area contributed by atoms with Gasteiger partial charge in [0.2, 0.25) is 5.95 Å². The van der Waals surface area contributed by atoms with Crippen molar-refractivity contribution in [1.82, 2.24) is 19.4 Å². The van der Waals surface area contributed by atoms with Crippen LogP contribution in [0, 0.1) is 0 Å². The van der Waals surface area contributed by atoms with E-state index in [1.54, 1.807) is 17.3 Å². The van der Waals surface area contributed by atoms with E-state index in [0.717, 1.165) is 47.1 Å². The lowest BCUT2D eigenvalue weighted by atomic mass is 10.1. The third kappa shape index (κ3) is 4.22. The molecule has 0 unspecified atom stereocenters. The van der Waals surface area contributed by atoms with E-state index in [-0.39, 0.29) is 0 Å². The fraction of sp³-hybridized carbons (Fsp3) is 0.231. The van der Waals surface area contributed by atoms with Gasteiger partial charge in [-0.05, 0) is 43.5 Å². The van der Waals surface area contributed by atoms with Gasteiger partial charge in [0.25, 0.3) is 11.7 Å². The Kier molecular flexibility index (Phi) is 5.60. The fourth-order valence-corrected chi connectivity index (χ4v) is 4.32. The summed E-state index contributed by atoms with van der Waals surface area (Å²) in [5.74, 6) is -0.412. The summed E-state index contributed by atoms with van der Waals surface area (Å²) in [4.78, 5) is 36.6. The molecule has 1 saturated heterocycles. The molecular formula is C26H25N5O2. The summed E-state index contributed by atoms with van der Waals surface area (Å²) < 4.78 is 1.88. The van der Waals surface area contributed by atoms with Crippen molar-refractivity contribution in [1.29, 1.82) is 0 Å². The van der Waals surface area contributed by atoms with Crippen LogP contribution in [0.2, 0.25) is 0 Å². The molecule has 1 aliphatic heterocycles. The predicted molar refractivity (Wildman–Crippen MR) is 128 cm³/mol. The highest BCUT2D eigenvalue weighted by Crippen LogP contribution is 2.27. The smallest absolute Gasteiger partial charge is 0.295 e. The number of likely N-dealkylation sites (tertiary alicyclic amines) is 1. The first-order valence-corrected chi connectivity index (χ1v) is 11.2. The summed E-state index contributed by atoms with van der Waals surface area (Å²) in [6.07, 6.45) is 6.46. The third-order valence-corrected chi connectivity index (χ3v) is 6.05. The molecule has 0 aliphatic carbocycles. The second-order valence-electron chi connectivity index (χ2n) is 8.32. The Hall–Kier alpha value is -4.00. The number of amides is 1. The standard InChI is InChI=1S/C26H25N5O2/c1-30-17-21(24(32)25(33)31-14-6-3-7-15-31)20-16-19(10-11-23(20)30)28-26-27-13-12-22(29-26)18-8-4-2-5-9-18/h2,4-5,8-13,16-17H,3,6-7,14-15H2,1H3,(H,27,28,29). The van der Waals surface area contributed by atoms with Crippen LogP contribution in [0.15, 0.2) is 67.0 Å². The maximum absolute atomic E-state index is 13.1. The molecule has 4 aromatic rings. The van der Waals surface area contributed by atoms with Crippen molar-refractivity contribution in [2.45, 2.75) is 19.3 Å². The fourth-order valence-electron chi connectivity index (χ4n) is 4.32. The van der Waals surface area contributed by atoms with E-state index in [1.807, 2.05) is 66.2 Å². The number of anilines is 2. The largest absolute Gasteiger partial charge is 0.350 e. The number of benzene rings is 2. The normalized spacial score (nSPS) is 13.8. The summed E-state index contributed by atoms with van der Waals surface area (Å²) in [6.45, 7) is 1.30. The molecule has 1 fully saturated rings. The Balaban J connectivity index is 1.44. The van der Waals surface area contributed by atoms with Crippen LogP contribution in [-0.4, -0.2) is 44.2 Å². The number of fused-ring (bicyclic) bond motifs is 1. The van der Waals surface area contributed by atoms with E-state index < -0.39 is 11.7 Å². The summed E-state index contributed by atoms with van der Waals surface area (Å²) in [7, 11) is 1.88. The first kappa shape index (κ1) is 20.9. The lowest BCUT2D eigenvalue weighted by Crippen LogP contribution is -2.40. The average molecular weight is 440 g/mol. The average Bonchev–Trinajstić information content (AvgIpc) is 3.20. The van der Waals surface area contributed by atoms with Crippen molar-refractivity contribution < 1.29 is 9.59 Å². The van der Waals surface area contributed by atoms with Crippen LogP contribution in [-0.2, 0) is 11.8 Å². The Labute approximate surface area is 192 Å². The molecule has 0 atom stereocenters. The monoisotopic (exact) mass is 439 g/mol. The summed E-state index contributed by atoms with van der Waals surface area (Å²) in [5, 5.41) is 3.97. The molecular weight excluding hydrogens is 414 g/mol. The number of hydrogen-bond donors (Lipinski definition) is 1. The van der Waals surface area contributed by atoms with Crippen LogP contribution >= 0.6 is 0 Å². The van der Waals surface area contributed by atoms with Crippen LogP contribution in [0.4, 0.5) is 11.6 Å². The number of Topliss-reactive ketones (excluding diaryl/α,β-unsaturated/α-hetero) is 1. The summed E-state index contributed by atoms with van der Waals surface area (Å²) in [6, 6.07) is 17.5. The van der Waals surface area contributed by atoms with Crippen LogP contribution in [0.1, 0.15) is 29.6 Å². The van der Waals surface area contributed by atoms with Crippen molar-refractivity contribution in [2.24, 2.45) is 7.05 Å². The predicted octanol–water partition coefficient (Wildman–Crippen LogP) is 4.57. The molecule has 1 amide bonds. The van der Waals surface area contributed by atoms with Crippen molar-refractivity contribution in [3.05, 3.63) is 72.6 Å². The quantitative estimate of drug-likeness (QED) is 0.364. The minimum atomic E-state index is -0.457. The van der Waals surface area contributed by atoms with Gasteiger partial charge in [-0.2, -0.15) is 0 Å². The molecule has 5 rings (SSSR count). The zero-order valence-electron chi connectivity index (χ0n) is 18.5. The molecule has 7 heteroatoms. The van der Waals surface area contributed by atoms with Gasteiger partial charge in [0, 0.05) is 54.7 Å². The van der Waals surface area contributed by atoms with Gasteiger partial charge in [-0.15, -0.1) is 0 Å². The number of nitrogens with one attached hydrogen (secondary N) is 1. The lowest BCUT2D eigenvalue weighted by Gasteiger charge is -2.25. The van der Waals surface area contributed by atoms with Crippen LogP contribution in [0.3, 0.4) is 0 Å². The van der Waals surface area contributed by atoms with E-state index in [1.165, 1.54) is 0 Å². The molecule has 0 saturated carbocycles. The SMILES string of the molecule is Cn1cc(C(=O)C(=O)N2CCCCC2)c2cc(Nc3nccc(-c4ccccc4)n3)ccc21. The maximum Gasteiger partial charge on any atom is 0.295 e. The summed E-state index contributed by atoms with van der Waals surface area (Å²) in [5.41, 5.74) is 3.88. The number of aromatic nitrogens is 3. The van der Waals surface area contributed by atoms with E-state index in [9.17, 15) is 9.59 Å². The molecule has 0 radical (unpaired) electrons. The highest BCUT2D eigenvalue weighted by atomic mass is 16.2. The number of hydrogen-bond acceptors (Lipinski definition) is 5. The van der Waals surface area contributed by atoms with Crippen molar-refractivity contribution in [2.75, 3.05) is 18.4 Å². The van der Waals surface area contributed by atoms with Gasteiger partial charge < -0.3 is 14.8 Å². The molecule has 1 N–H and O–H groups in total. The highest BCUT2D eigenvalue weighted by molar-refractivity contribution is 6.45. The minimum Gasteiger partial charge on any atom is -0.350 e. The molecule has 3 heterocycles. The Morgan fingerprint density at radius 3 is 2.55 bits per heavy atom. The zero-order chi connectivity index (χ0) is 22.8. The van der Waals surface area contributed by atoms with Gasteiger partial charge >= 0.3 is 0 Å². The molecule has 7 nitrogen and oxygen atoms in total.